The first kappa shape index (κ1) is 12.8. The normalized spacial score (nSPS) is 11.8. The summed E-state index contributed by atoms with van der Waals surface area (Å²) in [6, 6.07) is 1.74. The van der Waals surface area contributed by atoms with Crippen molar-refractivity contribution in [3.63, 3.8) is 0 Å². The highest BCUT2D eigenvalue weighted by molar-refractivity contribution is 9.10. The number of carboxylic acids is 1. The van der Waals surface area contributed by atoms with Gasteiger partial charge in [-0.15, -0.1) is 0 Å². The molecule has 0 atom stereocenters. The van der Waals surface area contributed by atoms with Crippen LogP contribution < -0.4 is 0 Å². The highest BCUT2D eigenvalue weighted by atomic mass is 79.9. The predicted molar refractivity (Wildman–Crippen MR) is 69.0 cm³/mol. The van der Waals surface area contributed by atoms with Crippen LogP contribution in [0.2, 0.25) is 0 Å². The molecular weight excluding hydrogens is 300 g/mol. The maximum absolute atomic E-state index is 11.2. The maximum atomic E-state index is 11.2. The summed E-state index contributed by atoms with van der Waals surface area (Å²) in [6.07, 6.45) is 3.04. The van der Waals surface area contributed by atoms with Crippen LogP contribution in [0.4, 0.5) is 0 Å². The summed E-state index contributed by atoms with van der Waals surface area (Å²) in [5, 5.41) is 17.5. The quantitative estimate of drug-likeness (QED) is 0.923. The first-order valence-electron chi connectivity index (χ1n) is 5.34. The highest BCUT2D eigenvalue weighted by Crippen LogP contribution is 2.23. The number of aromatic carboxylic acids is 1. The van der Waals surface area contributed by atoms with Crippen molar-refractivity contribution in [2.75, 3.05) is 0 Å². The van der Waals surface area contributed by atoms with E-state index >= 15 is 0 Å². The Morgan fingerprint density at radius 3 is 2.56 bits per heavy atom. The van der Waals surface area contributed by atoms with E-state index in [0.717, 1.165) is 0 Å². The molecule has 7 heteroatoms. The van der Waals surface area contributed by atoms with Gasteiger partial charge in [0, 0.05) is 6.20 Å². The monoisotopic (exact) mass is 312 g/mol. The smallest absolute Gasteiger partial charge is 0.341 e. The third-order valence-corrected chi connectivity index (χ3v) is 2.81. The number of halogens is 1. The lowest BCUT2D eigenvalue weighted by molar-refractivity contribution is 0.0696. The van der Waals surface area contributed by atoms with Crippen LogP contribution in [0.15, 0.2) is 23.1 Å². The SMILES string of the molecule is CC(C)(C)n1ncc(C(=O)O)c1-n1ccc(Br)n1. The molecule has 0 aromatic carbocycles. The van der Waals surface area contributed by atoms with Gasteiger partial charge in [0.15, 0.2) is 5.82 Å². The summed E-state index contributed by atoms with van der Waals surface area (Å²) >= 11 is 3.25. The minimum atomic E-state index is -1.02. The second-order valence-corrected chi connectivity index (χ2v) is 5.67. The minimum absolute atomic E-state index is 0.125. The number of nitrogens with zero attached hydrogens (tertiary/aromatic N) is 4. The zero-order valence-corrected chi connectivity index (χ0v) is 11.8. The number of carboxylic acid groups (broad SMARTS) is 1. The molecule has 0 amide bonds. The second-order valence-electron chi connectivity index (χ2n) is 4.85. The molecule has 0 aliphatic carbocycles. The number of rotatable bonds is 2. The Kier molecular flexibility index (Phi) is 3.02. The van der Waals surface area contributed by atoms with Crippen LogP contribution in [0.1, 0.15) is 31.1 Å². The molecule has 0 unspecified atom stereocenters. The molecule has 0 aliphatic rings. The van der Waals surface area contributed by atoms with E-state index < -0.39 is 5.97 Å². The van der Waals surface area contributed by atoms with Crippen molar-refractivity contribution in [3.8, 4) is 5.82 Å². The van der Waals surface area contributed by atoms with Crippen molar-refractivity contribution in [3.05, 3.63) is 28.6 Å². The summed E-state index contributed by atoms with van der Waals surface area (Å²) in [6.45, 7) is 5.86. The molecule has 0 radical (unpaired) electrons. The molecule has 18 heavy (non-hydrogen) atoms. The van der Waals surface area contributed by atoms with Crippen molar-refractivity contribution >= 4 is 21.9 Å². The Bertz CT molecular complexity index is 594. The average Bonchev–Trinajstić information content (AvgIpc) is 2.80. The molecule has 0 bridgehead atoms. The van der Waals surface area contributed by atoms with Crippen LogP contribution in [-0.4, -0.2) is 30.6 Å². The number of carbonyl (C=O) groups is 1. The molecule has 2 rings (SSSR count). The molecule has 0 saturated carbocycles. The van der Waals surface area contributed by atoms with Crippen LogP contribution in [0, 0.1) is 0 Å². The van der Waals surface area contributed by atoms with Crippen LogP contribution in [-0.2, 0) is 5.54 Å². The van der Waals surface area contributed by atoms with Crippen molar-refractivity contribution in [2.45, 2.75) is 26.3 Å². The van der Waals surface area contributed by atoms with Gasteiger partial charge in [-0.2, -0.15) is 10.2 Å². The lowest BCUT2D eigenvalue weighted by atomic mass is 10.1. The van der Waals surface area contributed by atoms with Gasteiger partial charge < -0.3 is 5.11 Å². The Labute approximate surface area is 112 Å². The van der Waals surface area contributed by atoms with Crippen molar-refractivity contribution < 1.29 is 9.90 Å². The molecular formula is C11H13BrN4O2. The molecule has 96 valence electrons. The summed E-state index contributed by atoms with van der Waals surface area (Å²) in [7, 11) is 0. The Balaban J connectivity index is 2.69. The van der Waals surface area contributed by atoms with E-state index in [2.05, 4.69) is 26.1 Å². The van der Waals surface area contributed by atoms with Gasteiger partial charge in [0.1, 0.15) is 10.2 Å². The third kappa shape index (κ3) is 2.17. The predicted octanol–water partition coefficient (Wildman–Crippen LogP) is 2.28. The number of aromatic nitrogens is 4. The minimum Gasteiger partial charge on any atom is -0.477 e. The maximum Gasteiger partial charge on any atom is 0.341 e. The van der Waals surface area contributed by atoms with E-state index in [1.807, 2.05) is 20.8 Å². The Hall–Kier alpha value is -1.63. The summed E-state index contributed by atoms with van der Waals surface area (Å²) in [4.78, 5) is 11.2. The van der Waals surface area contributed by atoms with Gasteiger partial charge in [-0.3, -0.25) is 0 Å². The topological polar surface area (TPSA) is 72.9 Å². The Morgan fingerprint density at radius 1 is 1.44 bits per heavy atom. The van der Waals surface area contributed by atoms with Gasteiger partial charge in [-0.1, -0.05) is 0 Å². The molecule has 0 aliphatic heterocycles. The van der Waals surface area contributed by atoms with E-state index in [0.29, 0.717) is 10.4 Å². The fraction of sp³-hybridized carbons (Fsp3) is 0.364. The Morgan fingerprint density at radius 2 is 2.11 bits per heavy atom. The van der Waals surface area contributed by atoms with E-state index in [9.17, 15) is 9.90 Å². The standard InChI is InChI=1S/C11H13BrN4O2/c1-11(2,3)16-9(7(6-13-16)10(17)18)15-5-4-8(12)14-15/h4-6H,1-3H3,(H,17,18). The molecule has 0 spiro atoms. The van der Waals surface area contributed by atoms with Crippen LogP contribution in [0.3, 0.4) is 0 Å². The first-order valence-corrected chi connectivity index (χ1v) is 6.13. The molecule has 6 nitrogen and oxygen atoms in total. The zero-order chi connectivity index (χ0) is 13.5. The fourth-order valence-electron chi connectivity index (χ4n) is 1.62. The molecule has 0 saturated heterocycles. The molecule has 2 heterocycles. The van der Waals surface area contributed by atoms with Crippen molar-refractivity contribution in [1.82, 2.24) is 19.6 Å². The van der Waals surface area contributed by atoms with Gasteiger partial charge in [0.25, 0.3) is 0 Å². The molecule has 0 fully saturated rings. The van der Waals surface area contributed by atoms with Gasteiger partial charge >= 0.3 is 5.97 Å². The number of hydrogen-bond acceptors (Lipinski definition) is 3. The second kappa shape index (κ2) is 4.24. The summed E-state index contributed by atoms with van der Waals surface area (Å²) < 4.78 is 3.79. The van der Waals surface area contributed by atoms with E-state index in [1.54, 1.807) is 16.9 Å². The lowest BCUT2D eigenvalue weighted by Crippen LogP contribution is -2.26. The van der Waals surface area contributed by atoms with Crippen molar-refractivity contribution in [2.24, 2.45) is 0 Å². The summed E-state index contributed by atoms with van der Waals surface area (Å²) in [5.41, 5.74) is -0.206. The van der Waals surface area contributed by atoms with E-state index in [4.69, 9.17) is 0 Å². The fourth-order valence-corrected chi connectivity index (χ4v) is 1.91. The highest BCUT2D eigenvalue weighted by Gasteiger charge is 2.25. The molecule has 2 aromatic heterocycles. The molecule has 2 aromatic rings. The van der Waals surface area contributed by atoms with Crippen molar-refractivity contribution in [1.29, 1.82) is 0 Å². The van der Waals surface area contributed by atoms with Gasteiger partial charge in [0.05, 0.1) is 11.7 Å². The van der Waals surface area contributed by atoms with Gasteiger partial charge in [0.2, 0.25) is 0 Å². The first-order chi connectivity index (χ1) is 8.30. The van der Waals surface area contributed by atoms with Crippen LogP contribution in [0.5, 0.6) is 0 Å². The number of hydrogen-bond donors (Lipinski definition) is 1. The van der Waals surface area contributed by atoms with Crippen LogP contribution >= 0.6 is 15.9 Å². The average molecular weight is 313 g/mol. The molecule has 1 N–H and O–H groups in total. The van der Waals surface area contributed by atoms with Crippen LogP contribution in [0.25, 0.3) is 5.82 Å². The largest absolute Gasteiger partial charge is 0.477 e. The zero-order valence-electron chi connectivity index (χ0n) is 10.3. The lowest BCUT2D eigenvalue weighted by Gasteiger charge is -2.22. The summed E-state index contributed by atoms with van der Waals surface area (Å²) in [5.74, 6) is -0.576. The van der Waals surface area contributed by atoms with E-state index in [-0.39, 0.29) is 11.1 Å². The van der Waals surface area contributed by atoms with E-state index in [1.165, 1.54) is 10.9 Å². The third-order valence-electron chi connectivity index (χ3n) is 2.38. The van der Waals surface area contributed by atoms with Gasteiger partial charge in [-0.25, -0.2) is 14.2 Å². The van der Waals surface area contributed by atoms with Gasteiger partial charge in [-0.05, 0) is 42.8 Å².